The molecule has 1 aliphatic carbocycles. The number of thioether (sulfide) groups is 1. The van der Waals surface area contributed by atoms with Gasteiger partial charge in [-0.1, -0.05) is 20.3 Å². The van der Waals surface area contributed by atoms with E-state index in [9.17, 15) is 0 Å². The third-order valence-electron chi connectivity index (χ3n) is 4.65. The summed E-state index contributed by atoms with van der Waals surface area (Å²) in [6.45, 7) is 7.13. The molecule has 1 N–H and O–H groups in total. The molecule has 0 aromatic rings. The smallest absolute Gasteiger partial charge is 0.0222 e. The molecular formula is C14H28N2S. The number of piperazine rings is 1. The number of nitrogens with one attached hydrogen (secondary N) is 1. The molecule has 0 aromatic heterocycles. The number of nitrogens with zero attached hydrogens (tertiary/aromatic N) is 1. The Labute approximate surface area is 111 Å². The first-order valence-corrected chi connectivity index (χ1v) is 8.60. The fourth-order valence-electron chi connectivity index (χ4n) is 3.51. The lowest BCUT2D eigenvalue weighted by Gasteiger charge is -2.45. The van der Waals surface area contributed by atoms with Gasteiger partial charge in [0.2, 0.25) is 0 Å². The topological polar surface area (TPSA) is 15.3 Å². The molecule has 100 valence electrons. The quantitative estimate of drug-likeness (QED) is 0.832. The summed E-state index contributed by atoms with van der Waals surface area (Å²) in [4.78, 5) is 2.85. The van der Waals surface area contributed by atoms with Gasteiger partial charge in [-0.25, -0.2) is 0 Å². The third kappa shape index (κ3) is 2.99. The largest absolute Gasteiger partial charge is 0.311 e. The minimum Gasteiger partial charge on any atom is -0.311 e. The lowest BCUT2D eigenvalue weighted by atomic mass is 10.0. The molecule has 2 fully saturated rings. The van der Waals surface area contributed by atoms with Crippen molar-refractivity contribution in [1.29, 1.82) is 0 Å². The van der Waals surface area contributed by atoms with Gasteiger partial charge in [0.15, 0.2) is 0 Å². The van der Waals surface area contributed by atoms with E-state index in [2.05, 4.69) is 42.1 Å². The van der Waals surface area contributed by atoms with Gasteiger partial charge in [0, 0.05) is 36.5 Å². The maximum absolute atomic E-state index is 3.71. The van der Waals surface area contributed by atoms with Gasteiger partial charge in [0.1, 0.15) is 0 Å². The molecule has 2 aliphatic rings. The van der Waals surface area contributed by atoms with Gasteiger partial charge in [-0.05, 0) is 31.9 Å². The van der Waals surface area contributed by atoms with E-state index >= 15 is 0 Å². The van der Waals surface area contributed by atoms with E-state index in [1.165, 1.54) is 45.2 Å². The lowest BCUT2D eigenvalue weighted by molar-refractivity contribution is 0.0822. The Hall–Kier alpha value is 0.270. The Morgan fingerprint density at radius 2 is 2.06 bits per heavy atom. The average Bonchev–Trinajstić information content (AvgIpc) is 2.86. The summed E-state index contributed by atoms with van der Waals surface area (Å²) >= 11 is 2.09. The molecule has 3 heteroatoms. The molecule has 0 spiro atoms. The second-order valence-corrected chi connectivity index (χ2v) is 6.62. The maximum Gasteiger partial charge on any atom is 0.0222 e. The van der Waals surface area contributed by atoms with E-state index < -0.39 is 0 Å². The summed E-state index contributed by atoms with van der Waals surface area (Å²) in [5, 5.41) is 4.60. The molecule has 17 heavy (non-hydrogen) atoms. The van der Waals surface area contributed by atoms with Crippen LogP contribution < -0.4 is 5.32 Å². The SMILES string of the molecule is CCC1CN(C2CCCC2SC)C(CC)CN1. The highest BCUT2D eigenvalue weighted by atomic mass is 32.2. The normalized spacial score (nSPS) is 39.7. The van der Waals surface area contributed by atoms with Crippen LogP contribution in [0.5, 0.6) is 0 Å². The van der Waals surface area contributed by atoms with E-state index in [-0.39, 0.29) is 0 Å². The van der Waals surface area contributed by atoms with E-state index in [1.807, 2.05) is 0 Å². The maximum atomic E-state index is 3.71. The molecule has 1 heterocycles. The van der Waals surface area contributed by atoms with Crippen molar-refractivity contribution >= 4 is 11.8 Å². The Kier molecular flexibility index (Phi) is 5.19. The Morgan fingerprint density at radius 1 is 1.24 bits per heavy atom. The molecule has 2 rings (SSSR count). The molecule has 1 aliphatic heterocycles. The van der Waals surface area contributed by atoms with Crippen LogP contribution in [0.1, 0.15) is 46.0 Å². The fraction of sp³-hybridized carbons (Fsp3) is 1.00. The van der Waals surface area contributed by atoms with Crippen LogP contribution in [-0.4, -0.2) is 47.6 Å². The van der Waals surface area contributed by atoms with E-state index in [0.29, 0.717) is 0 Å². The first-order chi connectivity index (χ1) is 8.30. The standard InChI is InChI=1S/C14H28N2S/c1-4-11-10-16(12(5-2)9-15-11)13-7-6-8-14(13)17-3/h11-15H,4-10H2,1-3H3. The van der Waals surface area contributed by atoms with Crippen molar-refractivity contribution in [2.75, 3.05) is 19.3 Å². The Morgan fingerprint density at radius 3 is 2.71 bits per heavy atom. The van der Waals surface area contributed by atoms with Gasteiger partial charge in [-0.2, -0.15) is 11.8 Å². The van der Waals surface area contributed by atoms with Crippen LogP contribution in [0.2, 0.25) is 0 Å². The van der Waals surface area contributed by atoms with Gasteiger partial charge in [0.05, 0.1) is 0 Å². The van der Waals surface area contributed by atoms with Gasteiger partial charge < -0.3 is 5.32 Å². The van der Waals surface area contributed by atoms with Crippen molar-refractivity contribution in [2.45, 2.75) is 69.3 Å². The summed E-state index contributed by atoms with van der Waals surface area (Å²) < 4.78 is 0. The molecule has 1 saturated carbocycles. The number of hydrogen-bond acceptors (Lipinski definition) is 3. The predicted octanol–water partition coefficient (Wildman–Crippen LogP) is 2.73. The second-order valence-electron chi connectivity index (χ2n) is 5.54. The Bertz CT molecular complexity index is 234. The van der Waals surface area contributed by atoms with Crippen LogP contribution in [-0.2, 0) is 0 Å². The van der Waals surface area contributed by atoms with Gasteiger partial charge >= 0.3 is 0 Å². The summed E-state index contributed by atoms with van der Waals surface area (Å²) in [6, 6.07) is 2.35. The van der Waals surface area contributed by atoms with Crippen molar-refractivity contribution in [3.63, 3.8) is 0 Å². The molecule has 0 bridgehead atoms. The third-order valence-corrected chi connectivity index (χ3v) is 5.81. The number of hydrogen-bond donors (Lipinski definition) is 1. The van der Waals surface area contributed by atoms with E-state index in [0.717, 1.165) is 23.4 Å². The first kappa shape index (κ1) is 13.7. The molecule has 4 unspecified atom stereocenters. The summed E-state index contributed by atoms with van der Waals surface area (Å²) in [7, 11) is 0. The fourth-order valence-corrected chi connectivity index (χ4v) is 4.52. The van der Waals surface area contributed by atoms with Crippen LogP contribution in [0.3, 0.4) is 0 Å². The van der Waals surface area contributed by atoms with Gasteiger partial charge in [-0.15, -0.1) is 0 Å². The average molecular weight is 256 g/mol. The van der Waals surface area contributed by atoms with Crippen molar-refractivity contribution in [2.24, 2.45) is 0 Å². The summed E-state index contributed by atoms with van der Waals surface area (Å²) in [5.74, 6) is 0. The van der Waals surface area contributed by atoms with Crippen molar-refractivity contribution < 1.29 is 0 Å². The molecule has 0 aromatic carbocycles. The van der Waals surface area contributed by atoms with Crippen LogP contribution >= 0.6 is 11.8 Å². The minimum atomic E-state index is 0.723. The summed E-state index contributed by atoms with van der Waals surface area (Å²) in [5.41, 5.74) is 0. The molecule has 0 radical (unpaired) electrons. The van der Waals surface area contributed by atoms with E-state index in [1.54, 1.807) is 0 Å². The molecule has 2 nitrogen and oxygen atoms in total. The van der Waals surface area contributed by atoms with Crippen molar-refractivity contribution in [3.05, 3.63) is 0 Å². The molecule has 0 amide bonds. The van der Waals surface area contributed by atoms with Gasteiger partial charge in [0.25, 0.3) is 0 Å². The van der Waals surface area contributed by atoms with Crippen LogP contribution in [0.25, 0.3) is 0 Å². The highest BCUT2D eigenvalue weighted by molar-refractivity contribution is 7.99. The van der Waals surface area contributed by atoms with Crippen LogP contribution in [0, 0.1) is 0 Å². The molecular weight excluding hydrogens is 228 g/mol. The zero-order chi connectivity index (χ0) is 12.3. The Balaban J connectivity index is 2.03. The van der Waals surface area contributed by atoms with Crippen molar-refractivity contribution in [1.82, 2.24) is 10.2 Å². The summed E-state index contributed by atoms with van der Waals surface area (Å²) in [6.07, 6.45) is 9.16. The predicted molar refractivity (Wildman–Crippen MR) is 77.8 cm³/mol. The zero-order valence-corrected chi connectivity index (χ0v) is 12.4. The second kappa shape index (κ2) is 6.44. The minimum absolute atomic E-state index is 0.723. The first-order valence-electron chi connectivity index (χ1n) is 7.32. The monoisotopic (exact) mass is 256 g/mol. The number of rotatable bonds is 4. The highest BCUT2D eigenvalue weighted by Crippen LogP contribution is 2.34. The van der Waals surface area contributed by atoms with Gasteiger partial charge in [-0.3, -0.25) is 4.90 Å². The van der Waals surface area contributed by atoms with Crippen molar-refractivity contribution in [3.8, 4) is 0 Å². The van der Waals surface area contributed by atoms with E-state index in [4.69, 9.17) is 0 Å². The zero-order valence-electron chi connectivity index (χ0n) is 11.6. The molecule has 1 saturated heterocycles. The lowest BCUT2D eigenvalue weighted by Crippen LogP contribution is -2.60. The van der Waals surface area contributed by atoms with Crippen LogP contribution in [0.4, 0.5) is 0 Å². The molecule has 4 atom stereocenters. The highest BCUT2D eigenvalue weighted by Gasteiger charge is 2.37. The van der Waals surface area contributed by atoms with Crippen LogP contribution in [0.15, 0.2) is 0 Å².